The van der Waals surface area contributed by atoms with E-state index in [9.17, 15) is 5.11 Å². The quantitative estimate of drug-likeness (QED) is 0.424. The Labute approximate surface area is 79.0 Å². The van der Waals surface area contributed by atoms with Gasteiger partial charge in [-0.2, -0.15) is 0 Å². The Hall–Kier alpha value is -0.770. The number of guanidine groups is 1. The van der Waals surface area contributed by atoms with Crippen molar-refractivity contribution < 1.29 is 5.11 Å². The normalized spacial score (nSPS) is 34.2. The molecule has 0 bridgehead atoms. The molecule has 0 amide bonds. The minimum Gasteiger partial charge on any atom is -0.394 e. The van der Waals surface area contributed by atoms with Crippen molar-refractivity contribution >= 4 is 5.96 Å². The van der Waals surface area contributed by atoms with E-state index in [1.165, 1.54) is 6.42 Å². The summed E-state index contributed by atoms with van der Waals surface area (Å²) in [4.78, 5) is 4.16. The molecule has 0 radical (unpaired) electrons. The van der Waals surface area contributed by atoms with E-state index in [0.717, 1.165) is 19.3 Å². The van der Waals surface area contributed by atoms with Crippen LogP contribution in [0.5, 0.6) is 0 Å². The molecule has 1 aliphatic rings. The zero-order valence-electron chi connectivity index (χ0n) is 8.16. The van der Waals surface area contributed by atoms with Gasteiger partial charge in [-0.1, -0.05) is 19.8 Å². The second-order valence-electron chi connectivity index (χ2n) is 4.12. The van der Waals surface area contributed by atoms with Gasteiger partial charge in [0.2, 0.25) is 0 Å². The summed E-state index contributed by atoms with van der Waals surface area (Å²) in [6.45, 7) is 2.22. The van der Waals surface area contributed by atoms with E-state index in [2.05, 4.69) is 11.9 Å². The summed E-state index contributed by atoms with van der Waals surface area (Å²) in [6, 6.07) is 0. The average molecular weight is 185 g/mol. The molecule has 2 atom stereocenters. The van der Waals surface area contributed by atoms with Crippen LogP contribution in [0.2, 0.25) is 0 Å². The molecule has 0 aliphatic heterocycles. The van der Waals surface area contributed by atoms with Crippen LogP contribution >= 0.6 is 0 Å². The molecule has 2 unspecified atom stereocenters. The standard InChI is InChI=1S/C9H19N3O/c1-7-3-2-4-9(5-7,6-13)12-8(10)11/h7,13H,2-6H2,1H3,(H4,10,11,12). The predicted molar refractivity (Wildman–Crippen MR) is 53.3 cm³/mol. The summed E-state index contributed by atoms with van der Waals surface area (Å²) in [5.41, 5.74) is 10.3. The lowest BCUT2D eigenvalue weighted by molar-refractivity contribution is 0.135. The van der Waals surface area contributed by atoms with Gasteiger partial charge in [0.05, 0.1) is 12.1 Å². The highest BCUT2D eigenvalue weighted by molar-refractivity contribution is 5.76. The number of aliphatic imine (C=N–C) groups is 1. The van der Waals surface area contributed by atoms with Crippen LogP contribution in [0, 0.1) is 5.92 Å². The molecular formula is C9H19N3O. The van der Waals surface area contributed by atoms with E-state index in [1.54, 1.807) is 0 Å². The van der Waals surface area contributed by atoms with Crippen LogP contribution in [0.3, 0.4) is 0 Å². The predicted octanol–water partition coefficient (Wildman–Crippen LogP) is 0.201. The van der Waals surface area contributed by atoms with Gasteiger partial charge in [-0.3, -0.25) is 0 Å². The maximum atomic E-state index is 9.29. The number of rotatable bonds is 2. The number of nitrogens with two attached hydrogens (primary N) is 2. The van der Waals surface area contributed by atoms with Crippen molar-refractivity contribution in [3.05, 3.63) is 0 Å². The second kappa shape index (κ2) is 3.96. The fourth-order valence-electron chi connectivity index (χ4n) is 2.19. The molecule has 1 rings (SSSR count). The fraction of sp³-hybridized carbons (Fsp3) is 0.889. The van der Waals surface area contributed by atoms with Crippen LogP contribution in [-0.2, 0) is 0 Å². The summed E-state index contributed by atoms with van der Waals surface area (Å²) in [7, 11) is 0. The minimum atomic E-state index is -0.392. The van der Waals surface area contributed by atoms with Crippen molar-refractivity contribution in [3.63, 3.8) is 0 Å². The van der Waals surface area contributed by atoms with E-state index >= 15 is 0 Å². The Balaban J connectivity index is 2.73. The highest BCUT2D eigenvalue weighted by atomic mass is 16.3. The van der Waals surface area contributed by atoms with Crippen LogP contribution in [0.25, 0.3) is 0 Å². The first kappa shape index (κ1) is 10.3. The van der Waals surface area contributed by atoms with Crippen molar-refractivity contribution in [2.75, 3.05) is 6.61 Å². The van der Waals surface area contributed by atoms with Gasteiger partial charge in [0.1, 0.15) is 0 Å². The van der Waals surface area contributed by atoms with Crippen LogP contribution in [-0.4, -0.2) is 23.2 Å². The van der Waals surface area contributed by atoms with E-state index in [-0.39, 0.29) is 12.6 Å². The number of aliphatic hydroxyl groups excluding tert-OH is 1. The molecule has 0 aromatic rings. The Morgan fingerprint density at radius 2 is 2.31 bits per heavy atom. The molecule has 13 heavy (non-hydrogen) atoms. The van der Waals surface area contributed by atoms with Gasteiger partial charge < -0.3 is 16.6 Å². The Morgan fingerprint density at radius 3 is 2.77 bits per heavy atom. The molecule has 1 fully saturated rings. The van der Waals surface area contributed by atoms with Gasteiger partial charge in [0.15, 0.2) is 5.96 Å². The summed E-state index contributed by atoms with van der Waals surface area (Å²) >= 11 is 0. The van der Waals surface area contributed by atoms with Crippen molar-refractivity contribution in [1.29, 1.82) is 0 Å². The maximum absolute atomic E-state index is 9.29. The van der Waals surface area contributed by atoms with Crippen molar-refractivity contribution in [2.24, 2.45) is 22.4 Å². The van der Waals surface area contributed by atoms with Gasteiger partial charge >= 0.3 is 0 Å². The number of nitrogens with zero attached hydrogens (tertiary/aromatic N) is 1. The van der Waals surface area contributed by atoms with Crippen LogP contribution in [0.4, 0.5) is 0 Å². The largest absolute Gasteiger partial charge is 0.394 e. The minimum absolute atomic E-state index is 0.0508. The Kier molecular flexibility index (Phi) is 3.14. The lowest BCUT2D eigenvalue weighted by atomic mass is 9.77. The number of hydrogen-bond donors (Lipinski definition) is 3. The monoisotopic (exact) mass is 185 g/mol. The second-order valence-corrected chi connectivity index (χ2v) is 4.12. The third kappa shape index (κ3) is 2.59. The molecule has 4 heteroatoms. The molecule has 1 aliphatic carbocycles. The highest BCUT2D eigenvalue weighted by Gasteiger charge is 2.34. The van der Waals surface area contributed by atoms with Gasteiger partial charge in [0, 0.05) is 0 Å². The first-order valence-corrected chi connectivity index (χ1v) is 4.80. The summed E-state index contributed by atoms with van der Waals surface area (Å²) in [5, 5.41) is 9.29. The zero-order valence-corrected chi connectivity index (χ0v) is 8.16. The number of hydrogen-bond acceptors (Lipinski definition) is 2. The third-order valence-electron chi connectivity index (χ3n) is 2.73. The smallest absolute Gasteiger partial charge is 0.186 e. The molecule has 0 saturated heterocycles. The summed E-state index contributed by atoms with van der Waals surface area (Å²) < 4.78 is 0. The molecule has 76 valence electrons. The topological polar surface area (TPSA) is 84.6 Å². The van der Waals surface area contributed by atoms with Gasteiger partial charge in [-0.15, -0.1) is 0 Å². The summed E-state index contributed by atoms with van der Waals surface area (Å²) in [5.74, 6) is 0.687. The lowest BCUT2D eigenvalue weighted by Crippen LogP contribution is -2.40. The first-order valence-electron chi connectivity index (χ1n) is 4.80. The van der Waals surface area contributed by atoms with E-state index in [4.69, 9.17) is 11.5 Å². The molecule has 1 saturated carbocycles. The number of aliphatic hydroxyl groups is 1. The maximum Gasteiger partial charge on any atom is 0.186 e. The van der Waals surface area contributed by atoms with Crippen molar-refractivity contribution in [3.8, 4) is 0 Å². The molecule has 4 nitrogen and oxygen atoms in total. The van der Waals surface area contributed by atoms with Crippen LogP contribution < -0.4 is 11.5 Å². The van der Waals surface area contributed by atoms with Gasteiger partial charge in [0.25, 0.3) is 0 Å². The third-order valence-corrected chi connectivity index (χ3v) is 2.73. The molecule has 0 spiro atoms. The van der Waals surface area contributed by atoms with Crippen molar-refractivity contribution in [1.82, 2.24) is 0 Å². The van der Waals surface area contributed by atoms with Crippen LogP contribution in [0.1, 0.15) is 32.6 Å². The SMILES string of the molecule is CC1CCCC(CO)(N=C(N)N)C1. The molecule has 0 aromatic heterocycles. The van der Waals surface area contributed by atoms with Gasteiger partial charge in [-0.05, 0) is 18.8 Å². The van der Waals surface area contributed by atoms with E-state index < -0.39 is 5.54 Å². The average Bonchev–Trinajstić information content (AvgIpc) is 2.03. The van der Waals surface area contributed by atoms with E-state index in [1.807, 2.05) is 0 Å². The highest BCUT2D eigenvalue weighted by Crippen LogP contribution is 2.34. The van der Waals surface area contributed by atoms with Crippen molar-refractivity contribution in [2.45, 2.75) is 38.1 Å². The Bertz CT molecular complexity index is 201. The first-order chi connectivity index (χ1) is 6.08. The van der Waals surface area contributed by atoms with Crippen LogP contribution in [0.15, 0.2) is 4.99 Å². The van der Waals surface area contributed by atoms with Gasteiger partial charge in [-0.25, -0.2) is 4.99 Å². The Morgan fingerprint density at radius 1 is 1.62 bits per heavy atom. The van der Waals surface area contributed by atoms with E-state index in [0.29, 0.717) is 5.92 Å². The molecular weight excluding hydrogens is 166 g/mol. The summed E-state index contributed by atoms with van der Waals surface area (Å²) in [6.07, 6.45) is 4.09. The lowest BCUT2D eigenvalue weighted by Gasteiger charge is -2.35. The fourth-order valence-corrected chi connectivity index (χ4v) is 2.19. The molecule has 0 aromatic carbocycles. The zero-order chi connectivity index (χ0) is 9.90. The molecule has 5 N–H and O–H groups in total. The molecule has 0 heterocycles.